The Kier molecular flexibility index (Phi) is 11.9. The zero-order valence-corrected chi connectivity index (χ0v) is 33.0. The van der Waals surface area contributed by atoms with Crippen LogP contribution in [0.2, 0.25) is 0 Å². The molecule has 9 nitrogen and oxygen atoms in total. The van der Waals surface area contributed by atoms with Gasteiger partial charge in [-0.2, -0.15) is 11.4 Å². The molecule has 6 rings (SSSR count). The van der Waals surface area contributed by atoms with Crippen LogP contribution >= 0.6 is 0 Å². The summed E-state index contributed by atoms with van der Waals surface area (Å²) in [5.41, 5.74) is 11.2. The van der Waals surface area contributed by atoms with Gasteiger partial charge in [-0.25, -0.2) is 0 Å². The van der Waals surface area contributed by atoms with Gasteiger partial charge in [-0.05, 0) is 82.8 Å². The molecule has 1 N–H and O–H groups in total. The number of esters is 2. The van der Waals surface area contributed by atoms with E-state index in [-0.39, 0.29) is 59.8 Å². The molecule has 10 heteroatoms. The summed E-state index contributed by atoms with van der Waals surface area (Å²) in [5, 5.41) is 23.7. The van der Waals surface area contributed by atoms with Crippen LogP contribution in [-0.2, 0) is 25.5 Å². The number of hydrogen-bond donors (Lipinski definition) is 1. The van der Waals surface area contributed by atoms with E-state index in [0.29, 0.717) is 28.3 Å². The van der Waals surface area contributed by atoms with Crippen molar-refractivity contribution in [1.82, 2.24) is 9.97 Å². The second-order valence-electron chi connectivity index (χ2n) is 14.2. The molecule has 5 heterocycles. The zero-order valence-electron chi connectivity index (χ0n) is 31.6. The number of methoxy groups -OCH3 is 1. The summed E-state index contributed by atoms with van der Waals surface area (Å²) in [6.45, 7) is 17.0. The van der Waals surface area contributed by atoms with Gasteiger partial charge in [-0.15, -0.1) is 27.8 Å². The van der Waals surface area contributed by atoms with Crippen LogP contribution in [0.25, 0.3) is 28.4 Å². The Bertz CT molecular complexity index is 1960. The standard InChI is InChI=1S/C41H50N4O5.Mg/c1-10-20(4)15-16-50-34(46)14-13-27-23(7)30-17-28-21(5)25(11-2)32(42-28)18-29-22(6)26(12-3)33(43-29)19-31-24(8)35-39(45-31)36(38(27)44-30)37(40(35)47)41(48)49-9;/h15,17-19,23,25,27,37-38,40,47H,10-14,16H2,1-9H3;/q-4;+2/b20-15+,30-17-,31-19-,32-18-;/t23-,25-,27-,37-,38?,40-;/m0./s1. The van der Waals surface area contributed by atoms with Crippen molar-refractivity contribution in [3.63, 3.8) is 0 Å². The quantitative estimate of drug-likeness (QED) is 0.198. The maximum atomic E-state index is 13.5. The number of rotatable bonds is 9. The van der Waals surface area contributed by atoms with Gasteiger partial charge in [0.05, 0.1) is 13.2 Å². The van der Waals surface area contributed by atoms with Gasteiger partial charge in [0, 0.05) is 6.42 Å². The Morgan fingerprint density at radius 3 is 2.41 bits per heavy atom. The van der Waals surface area contributed by atoms with E-state index < -0.39 is 24.0 Å². The van der Waals surface area contributed by atoms with Crippen molar-refractivity contribution in [2.75, 3.05) is 13.7 Å². The second-order valence-corrected chi connectivity index (χ2v) is 14.2. The van der Waals surface area contributed by atoms with Gasteiger partial charge >= 0.3 is 35.0 Å². The molecule has 0 amide bonds. The Morgan fingerprint density at radius 2 is 1.75 bits per heavy atom. The monoisotopic (exact) mass is 702 g/mol. The predicted molar refractivity (Wildman–Crippen MR) is 201 cm³/mol. The van der Waals surface area contributed by atoms with Gasteiger partial charge in [0.25, 0.3) is 0 Å². The molecule has 1 saturated heterocycles. The molecule has 0 radical (unpaired) electrons. The van der Waals surface area contributed by atoms with Gasteiger partial charge in [0.2, 0.25) is 0 Å². The molecule has 2 aromatic heterocycles. The van der Waals surface area contributed by atoms with Gasteiger partial charge < -0.3 is 35.2 Å². The van der Waals surface area contributed by atoms with Crippen molar-refractivity contribution in [2.45, 2.75) is 99.6 Å². The zero-order chi connectivity index (χ0) is 36.0. The molecule has 8 bridgehead atoms. The second kappa shape index (κ2) is 15.6. The molecule has 0 spiro atoms. The van der Waals surface area contributed by atoms with Crippen LogP contribution in [0, 0.1) is 37.5 Å². The van der Waals surface area contributed by atoms with E-state index >= 15 is 0 Å². The average molecular weight is 703 g/mol. The summed E-state index contributed by atoms with van der Waals surface area (Å²) in [6, 6.07) is -0.516. The summed E-state index contributed by atoms with van der Waals surface area (Å²) in [4.78, 5) is 36.7. The van der Waals surface area contributed by atoms with Crippen LogP contribution in [0.1, 0.15) is 107 Å². The van der Waals surface area contributed by atoms with E-state index in [0.717, 1.165) is 64.4 Å². The maximum Gasteiger partial charge on any atom is 2.00 e. The molecule has 1 aliphatic carbocycles. The molecular weight excluding hydrogens is 653 g/mol. The average Bonchev–Trinajstić information content (AvgIpc) is 3.84. The Labute approximate surface area is 318 Å². The Hall–Kier alpha value is -3.47. The van der Waals surface area contributed by atoms with Crippen molar-refractivity contribution in [3.8, 4) is 0 Å². The molecule has 2 aromatic rings. The molecule has 0 aromatic carbocycles. The van der Waals surface area contributed by atoms with Gasteiger partial charge in [-0.3, -0.25) is 9.59 Å². The number of carbonyl (C=O) groups excluding carboxylic acids is 2. The van der Waals surface area contributed by atoms with Crippen LogP contribution < -0.4 is 20.7 Å². The molecule has 0 saturated carbocycles. The van der Waals surface area contributed by atoms with Crippen molar-refractivity contribution in [2.24, 2.45) is 23.7 Å². The third-order valence-electron chi connectivity index (χ3n) is 11.5. The number of aliphatic hydroxyl groups excluding tert-OH is 1. The summed E-state index contributed by atoms with van der Waals surface area (Å²) in [7, 11) is 1.34. The molecule has 268 valence electrons. The van der Waals surface area contributed by atoms with Crippen molar-refractivity contribution in [1.29, 1.82) is 0 Å². The minimum absolute atomic E-state index is 0. The molecule has 6 atom stereocenters. The van der Waals surface area contributed by atoms with Gasteiger partial charge in [0.1, 0.15) is 12.5 Å². The fourth-order valence-electron chi connectivity index (χ4n) is 8.26. The third kappa shape index (κ3) is 6.91. The van der Waals surface area contributed by atoms with E-state index in [4.69, 9.17) is 30.1 Å². The fourth-order valence-corrected chi connectivity index (χ4v) is 8.26. The van der Waals surface area contributed by atoms with Crippen LogP contribution in [0.4, 0.5) is 0 Å². The summed E-state index contributed by atoms with van der Waals surface area (Å²) >= 11 is 0. The first kappa shape index (κ1) is 38.8. The number of allylic oxidation sites excluding steroid dienone is 4. The largest absolute Gasteiger partial charge is 2.00 e. The minimum atomic E-state index is -1.14. The van der Waals surface area contributed by atoms with E-state index in [9.17, 15) is 14.7 Å². The van der Waals surface area contributed by atoms with Crippen molar-refractivity contribution < 1.29 is 24.2 Å². The number of aliphatic hydroxyl groups is 1. The molecule has 1 fully saturated rings. The number of hydrogen-bond acceptors (Lipinski definition) is 5. The van der Waals surface area contributed by atoms with Crippen molar-refractivity contribution >= 4 is 52.7 Å². The van der Waals surface area contributed by atoms with E-state index in [1.54, 1.807) is 0 Å². The number of aromatic nitrogens is 2. The number of ether oxygens (including phenoxy) is 2. The van der Waals surface area contributed by atoms with Gasteiger partial charge in [0.15, 0.2) is 0 Å². The van der Waals surface area contributed by atoms with Crippen molar-refractivity contribution in [3.05, 3.63) is 95.4 Å². The first-order valence-electron chi connectivity index (χ1n) is 18.1. The summed E-state index contributed by atoms with van der Waals surface area (Å²) < 4.78 is 10.9. The summed E-state index contributed by atoms with van der Waals surface area (Å²) in [5.74, 6) is -1.85. The van der Waals surface area contributed by atoms with E-state index in [2.05, 4.69) is 53.7 Å². The van der Waals surface area contributed by atoms with Crippen LogP contribution in [0.5, 0.6) is 0 Å². The minimum Gasteiger partial charge on any atom is -0.681 e. The van der Waals surface area contributed by atoms with Crippen LogP contribution in [0.15, 0.2) is 40.4 Å². The molecular formula is C41H50MgN4O5-2. The van der Waals surface area contributed by atoms with Crippen LogP contribution in [-0.4, -0.2) is 59.9 Å². The Morgan fingerprint density at radius 1 is 1.00 bits per heavy atom. The molecule has 3 aliphatic heterocycles. The first-order chi connectivity index (χ1) is 23.9. The fraction of sp³-hybridized carbons (Fsp3) is 0.512. The normalized spacial score (nSPS) is 27.8. The van der Waals surface area contributed by atoms with E-state index in [1.165, 1.54) is 18.3 Å². The van der Waals surface area contributed by atoms with E-state index in [1.807, 2.05) is 26.0 Å². The number of carbonyl (C=O) groups is 2. The predicted octanol–water partition coefficient (Wildman–Crippen LogP) is 5.83. The summed E-state index contributed by atoms with van der Waals surface area (Å²) in [6.07, 6.45) is 10.3. The maximum absolute atomic E-state index is 13.5. The topological polar surface area (TPSA) is 129 Å². The molecule has 4 aliphatic rings. The Balaban J connectivity index is 0.00000504. The SMILES string of the molecule is CC/C(C)=C/COC(=O)CC[C@@H]1C2[N-]/C(=C\C3=C(C)[C@H](CC)/C(=C/c4[n-]c(c(CC)c4C)/C=c4\[n-]c5c(c4C)[C@H](O)[C@@H](C(=O)OC)C=52)[N-]3)[C@H]1C.[Mg+2]. The van der Waals surface area contributed by atoms with Gasteiger partial charge in [-0.1, -0.05) is 85.4 Å². The third-order valence-corrected chi connectivity index (χ3v) is 11.5. The molecule has 1 unspecified atom stereocenters. The number of fused-ring (bicyclic) bond motifs is 8. The first-order valence-corrected chi connectivity index (χ1v) is 18.1. The smallest absolute Gasteiger partial charge is 0.681 e. The van der Waals surface area contributed by atoms with Crippen LogP contribution in [0.3, 0.4) is 0 Å². The molecule has 51 heavy (non-hydrogen) atoms. The number of nitrogens with zero attached hydrogens (tertiary/aromatic N) is 4.